The van der Waals surface area contributed by atoms with Gasteiger partial charge in [0.1, 0.15) is 0 Å². The summed E-state index contributed by atoms with van der Waals surface area (Å²) in [5.74, 6) is 0.616. The lowest BCUT2D eigenvalue weighted by Crippen LogP contribution is -2.49. The summed E-state index contributed by atoms with van der Waals surface area (Å²) in [6.45, 7) is 2.70. The standard InChI is InChI=1S/C13H17NO2S/c1-9-8-12-13(14-6-7-17(12,15)16)11-5-3-2-4-10(9)11/h2-5,9,12-14H,6-8H2,1H3. The molecule has 0 saturated carbocycles. The fourth-order valence-electron chi connectivity index (χ4n) is 3.16. The molecule has 0 amide bonds. The van der Waals surface area contributed by atoms with E-state index >= 15 is 0 Å². The van der Waals surface area contributed by atoms with Crippen molar-refractivity contribution >= 4 is 9.84 Å². The second kappa shape index (κ2) is 3.82. The van der Waals surface area contributed by atoms with Crippen LogP contribution < -0.4 is 5.32 Å². The first kappa shape index (κ1) is 11.2. The van der Waals surface area contributed by atoms with Gasteiger partial charge in [-0.3, -0.25) is 0 Å². The Kier molecular flexibility index (Phi) is 2.52. The Labute approximate surface area is 102 Å². The van der Waals surface area contributed by atoms with E-state index in [1.807, 2.05) is 12.1 Å². The number of nitrogens with one attached hydrogen (secondary N) is 1. The Morgan fingerprint density at radius 2 is 1.94 bits per heavy atom. The molecule has 92 valence electrons. The van der Waals surface area contributed by atoms with Gasteiger partial charge < -0.3 is 5.32 Å². The first-order valence-corrected chi connectivity index (χ1v) is 7.85. The smallest absolute Gasteiger partial charge is 0.156 e. The molecule has 1 aliphatic heterocycles. The van der Waals surface area contributed by atoms with Gasteiger partial charge >= 0.3 is 0 Å². The van der Waals surface area contributed by atoms with E-state index in [-0.39, 0.29) is 17.0 Å². The molecule has 3 rings (SSSR count). The maximum absolute atomic E-state index is 12.1. The van der Waals surface area contributed by atoms with Gasteiger partial charge in [-0.05, 0) is 23.5 Å². The number of fused-ring (bicyclic) bond motifs is 3. The first-order chi connectivity index (χ1) is 8.09. The summed E-state index contributed by atoms with van der Waals surface area (Å²) in [6, 6.07) is 8.22. The molecule has 3 atom stereocenters. The van der Waals surface area contributed by atoms with Gasteiger partial charge in [-0.15, -0.1) is 0 Å². The van der Waals surface area contributed by atoms with E-state index < -0.39 is 9.84 Å². The molecule has 1 aliphatic carbocycles. The van der Waals surface area contributed by atoms with Crippen LogP contribution in [0.2, 0.25) is 0 Å². The molecule has 0 aromatic heterocycles. The summed E-state index contributed by atoms with van der Waals surface area (Å²) in [5.41, 5.74) is 2.48. The highest BCUT2D eigenvalue weighted by Crippen LogP contribution is 2.41. The van der Waals surface area contributed by atoms with Crippen LogP contribution in [0.4, 0.5) is 0 Å². The van der Waals surface area contributed by atoms with Gasteiger partial charge in [0.25, 0.3) is 0 Å². The molecule has 1 N–H and O–H groups in total. The van der Waals surface area contributed by atoms with Gasteiger partial charge in [0.2, 0.25) is 0 Å². The SMILES string of the molecule is CC1CC2C(NCCS2(=O)=O)c2ccccc21. The van der Waals surface area contributed by atoms with Crippen LogP contribution in [0.25, 0.3) is 0 Å². The Morgan fingerprint density at radius 3 is 2.71 bits per heavy atom. The summed E-state index contributed by atoms with van der Waals surface area (Å²) in [6.07, 6.45) is 0.747. The second-order valence-corrected chi connectivity index (χ2v) is 7.44. The molecule has 1 aromatic carbocycles. The molecule has 3 nitrogen and oxygen atoms in total. The normalized spacial score (nSPS) is 34.8. The molecule has 1 aromatic rings. The van der Waals surface area contributed by atoms with Gasteiger partial charge in [0, 0.05) is 12.6 Å². The zero-order valence-electron chi connectivity index (χ0n) is 9.89. The summed E-state index contributed by atoms with van der Waals surface area (Å²) in [4.78, 5) is 0. The van der Waals surface area contributed by atoms with Gasteiger partial charge in [0.15, 0.2) is 9.84 Å². The van der Waals surface area contributed by atoms with E-state index in [9.17, 15) is 8.42 Å². The van der Waals surface area contributed by atoms with Crippen molar-refractivity contribution in [3.8, 4) is 0 Å². The molecule has 0 radical (unpaired) electrons. The predicted molar refractivity (Wildman–Crippen MR) is 67.8 cm³/mol. The Balaban J connectivity index is 2.12. The summed E-state index contributed by atoms with van der Waals surface area (Å²) in [7, 11) is -2.92. The Bertz CT molecular complexity index is 538. The van der Waals surface area contributed by atoms with Crippen molar-refractivity contribution in [3.05, 3.63) is 35.4 Å². The molecule has 1 saturated heterocycles. The third-order valence-corrected chi connectivity index (χ3v) is 6.19. The van der Waals surface area contributed by atoms with Crippen molar-refractivity contribution in [2.75, 3.05) is 12.3 Å². The van der Waals surface area contributed by atoms with Gasteiger partial charge in [0.05, 0.1) is 11.0 Å². The van der Waals surface area contributed by atoms with Crippen LogP contribution in [0, 0.1) is 0 Å². The van der Waals surface area contributed by atoms with E-state index in [1.54, 1.807) is 0 Å². The van der Waals surface area contributed by atoms with Crippen LogP contribution in [-0.2, 0) is 9.84 Å². The summed E-state index contributed by atoms with van der Waals surface area (Å²) in [5, 5.41) is 3.14. The van der Waals surface area contributed by atoms with Crippen LogP contribution in [0.1, 0.15) is 36.4 Å². The average molecular weight is 251 g/mol. The van der Waals surface area contributed by atoms with Crippen molar-refractivity contribution in [3.63, 3.8) is 0 Å². The number of benzene rings is 1. The molecular weight excluding hydrogens is 234 g/mol. The van der Waals surface area contributed by atoms with Crippen LogP contribution >= 0.6 is 0 Å². The minimum atomic E-state index is -2.92. The van der Waals surface area contributed by atoms with E-state index in [2.05, 4.69) is 24.4 Å². The third-order valence-electron chi connectivity index (χ3n) is 4.03. The third kappa shape index (κ3) is 1.70. The van der Waals surface area contributed by atoms with E-state index in [4.69, 9.17) is 0 Å². The number of rotatable bonds is 0. The minimum Gasteiger partial charge on any atom is -0.308 e. The molecular formula is C13H17NO2S. The predicted octanol–water partition coefficient (Wildman–Crippen LogP) is 1.62. The molecule has 17 heavy (non-hydrogen) atoms. The van der Waals surface area contributed by atoms with Gasteiger partial charge in [-0.2, -0.15) is 0 Å². The Hall–Kier alpha value is -0.870. The Morgan fingerprint density at radius 1 is 1.24 bits per heavy atom. The number of sulfone groups is 1. The van der Waals surface area contributed by atoms with Crippen LogP contribution in [-0.4, -0.2) is 26.0 Å². The highest BCUT2D eigenvalue weighted by Gasteiger charge is 2.42. The first-order valence-electron chi connectivity index (χ1n) is 6.13. The lowest BCUT2D eigenvalue weighted by atomic mass is 9.80. The maximum Gasteiger partial charge on any atom is 0.156 e. The quantitative estimate of drug-likeness (QED) is 0.762. The molecule has 4 heteroatoms. The van der Waals surface area contributed by atoms with Crippen molar-refractivity contribution in [2.24, 2.45) is 0 Å². The lowest BCUT2D eigenvalue weighted by Gasteiger charge is -2.40. The van der Waals surface area contributed by atoms with E-state index in [0.717, 1.165) is 6.42 Å². The van der Waals surface area contributed by atoms with Crippen molar-refractivity contribution in [1.29, 1.82) is 0 Å². The molecule has 3 unspecified atom stereocenters. The van der Waals surface area contributed by atoms with Gasteiger partial charge in [-0.1, -0.05) is 31.2 Å². The highest BCUT2D eigenvalue weighted by molar-refractivity contribution is 7.92. The van der Waals surface area contributed by atoms with Crippen LogP contribution in [0.5, 0.6) is 0 Å². The van der Waals surface area contributed by atoms with Crippen molar-refractivity contribution in [1.82, 2.24) is 5.32 Å². The molecule has 1 fully saturated rings. The summed E-state index contributed by atoms with van der Waals surface area (Å²) < 4.78 is 24.3. The average Bonchev–Trinajstić information content (AvgIpc) is 2.31. The maximum atomic E-state index is 12.1. The van der Waals surface area contributed by atoms with E-state index in [0.29, 0.717) is 12.5 Å². The number of hydrogen-bond donors (Lipinski definition) is 1. The monoisotopic (exact) mass is 251 g/mol. The van der Waals surface area contributed by atoms with Crippen molar-refractivity contribution < 1.29 is 8.42 Å². The van der Waals surface area contributed by atoms with Gasteiger partial charge in [-0.25, -0.2) is 8.42 Å². The fourth-order valence-corrected chi connectivity index (χ4v) is 5.10. The largest absolute Gasteiger partial charge is 0.308 e. The van der Waals surface area contributed by atoms with Crippen LogP contribution in [0.3, 0.4) is 0 Å². The molecule has 1 heterocycles. The second-order valence-electron chi connectivity index (χ2n) is 5.10. The van der Waals surface area contributed by atoms with E-state index in [1.165, 1.54) is 11.1 Å². The van der Waals surface area contributed by atoms with Crippen molar-refractivity contribution in [2.45, 2.75) is 30.6 Å². The lowest BCUT2D eigenvalue weighted by molar-refractivity contribution is 0.413. The number of hydrogen-bond acceptors (Lipinski definition) is 3. The van der Waals surface area contributed by atoms with Crippen LogP contribution in [0.15, 0.2) is 24.3 Å². The highest BCUT2D eigenvalue weighted by atomic mass is 32.2. The fraction of sp³-hybridized carbons (Fsp3) is 0.538. The zero-order valence-corrected chi connectivity index (χ0v) is 10.7. The minimum absolute atomic E-state index is 0.00106. The zero-order chi connectivity index (χ0) is 12.0. The molecule has 0 bridgehead atoms. The molecule has 0 spiro atoms. The topological polar surface area (TPSA) is 46.2 Å². The molecule has 2 aliphatic rings. The summed E-state index contributed by atoms with van der Waals surface area (Å²) >= 11 is 0.